The van der Waals surface area contributed by atoms with Gasteiger partial charge in [-0.2, -0.15) is 0 Å². The summed E-state index contributed by atoms with van der Waals surface area (Å²) in [4.78, 5) is 8.05. The summed E-state index contributed by atoms with van der Waals surface area (Å²) >= 11 is 1.74. The molecule has 1 aromatic rings. The van der Waals surface area contributed by atoms with Crippen LogP contribution in [0.2, 0.25) is 0 Å². The summed E-state index contributed by atoms with van der Waals surface area (Å²) in [6.45, 7) is 6.94. The second kappa shape index (κ2) is 6.65. The smallest absolute Gasteiger partial charge is 0.185 e. The van der Waals surface area contributed by atoms with E-state index in [9.17, 15) is 0 Å². The van der Waals surface area contributed by atoms with E-state index in [0.29, 0.717) is 6.04 Å². The first kappa shape index (κ1) is 14.7. The van der Waals surface area contributed by atoms with Gasteiger partial charge >= 0.3 is 0 Å². The topological polar surface area (TPSA) is 46.6 Å². The number of nitrogens with one attached hydrogen (secondary N) is 1. The molecule has 0 spiro atoms. The van der Waals surface area contributed by atoms with E-state index in [2.05, 4.69) is 29.0 Å². The zero-order valence-corrected chi connectivity index (χ0v) is 12.9. The Hall–Kier alpha value is -0.690. The molecule has 5 nitrogen and oxygen atoms in total. The van der Waals surface area contributed by atoms with Gasteiger partial charge in [0, 0.05) is 44.4 Å². The fourth-order valence-electron chi connectivity index (χ4n) is 2.38. The second-order valence-corrected chi connectivity index (χ2v) is 5.82. The Bertz CT molecular complexity index is 387. The van der Waals surface area contributed by atoms with Crippen LogP contribution in [0, 0.1) is 0 Å². The molecule has 0 amide bonds. The Morgan fingerprint density at radius 3 is 2.58 bits per heavy atom. The molecule has 0 radical (unpaired) electrons. The maximum Gasteiger partial charge on any atom is 0.185 e. The third-order valence-corrected chi connectivity index (χ3v) is 4.78. The number of hydrogen-bond donors (Lipinski definition) is 1. The van der Waals surface area contributed by atoms with E-state index in [1.807, 2.05) is 6.20 Å². The van der Waals surface area contributed by atoms with Crippen molar-refractivity contribution in [1.29, 1.82) is 0 Å². The van der Waals surface area contributed by atoms with Crippen LogP contribution in [0.25, 0.3) is 0 Å². The van der Waals surface area contributed by atoms with Crippen LogP contribution < -0.4 is 10.2 Å². The lowest BCUT2D eigenvalue weighted by atomic mass is 10.3. The van der Waals surface area contributed by atoms with Gasteiger partial charge in [-0.05, 0) is 13.5 Å². The number of hydrogen-bond acceptors (Lipinski definition) is 6. The number of thiazole rings is 1. The van der Waals surface area contributed by atoms with Gasteiger partial charge in [0.1, 0.15) is 12.2 Å². The van der Waals surface area contributed by atoms with E-state index in [4.69, 9.17) is 9.47 Å². The Morgan fingerprint density at radius 1 is 1.42 bits per heavy atom. The van der Waals surface area contributed by atoms with Gasteiger partial charge in [-0.1, -0.05) is 6.92 Å². The maximum absolute atomic E-state index is 5.46. The summed E-state index contributed by atoms with van der Waals surface area (Å²) in [6.07, 6.45) is 2.22. The largest absolute Gasteiger partial charge is 0.377 e. The van der Waals surface area contributed by atoms with Gasteiger partial charge in [0.25, 0.3) is 0 Å². The van der Waals surface area contributed by atoms with Gasteiger partial charge < -0.3 is 19.7 Å². The molecule has 1 saturated heterocycles. The van der Waals surface area contributed by atoms with Crippen molar-refractivity contribution in [3.8, 4) is 0 Å². The molecule has 2 rings (SSSR count). The average molecular weight is 285 g/mol. The van der Waals surface area contributed by atoms with Crippen LogP contribution in [0.1, 0.15) is 24.8 Å². The van der Waals surface area contributed by atoms with Crippen LogP contribution in [0.5, 0.6) is 0 Å². The Balaban J connectivity index is 2.03. The SMILES string of the molecule is CCNC(C)c1cnc(N2CC(OC)C(OC)C2)s1. The molecule has 0 bridgehead atoms. The lowest BCUT2D eigenvalue weighted by Gasteiger charge is -2.13. The predicted octanol–water partition coefficient (Wildman–Crippen LogP) is 1.66. The lowest BCUT2D eigenvalue weighted by molar-refractivity contribution is -0.00461. The van der Waals surface area contributed by atoms with Gasteiger partial charge in [0.15, 0.2) is 5.13 Å². The third kappa shape index (κ3) is 3.25. The molecule has 3 unspecified atom stereocenters. The van der Waals surface area contributed by atoms with Crippen molar-refractivity contribution in [3.63, 3.8) is 0 Å². The van der Waals surface area contributed by atoms with Crippen molar-refractivity contribution < 1.29 is 9.47 Å². The number of anilines is 1. The standard InChI is InChI=1S/C13H23N3O2S/c1-5-14-9(2)12-6-15-13(19-12)16-7-10(17-3)11(8-16)18-4/h6,9-11,14H,5,7-8H2,1-4H3. The molecule has 1 aliphatic heterocycles. The number of rotatable bonds is 6. The molecule has 0 saturated carbocycles. The van der Waals surface area contributed by atoms with E-state index in [-0.39, 0.29) is 12.2 Å². The Morgan fingerprint density at radius 2 is 2.05 bits per heavy atom. The van der Waals surface area contributed by atoms with E-state index in [0.717, 1.165) is 24.8 Å². The van der Waals surface area contributed by atoms with Gasteiger partial charge in [0.2, 0.25) is 0 Å². The summed E-state index contributed by atoms with van der Waals surface area (Å²) in [6, 6.07) is 0.357. The molecule has 0 aliphatic carbocycles. The van der Waals surface area contributed by atoms with E-state index in [1.165, 1.54) is 4.88 Å². The van der Waals surface area contributed by atoms with Crippen molar-refractivity contribution in [2.75, 3.05) is 38.8 Å². The fraction of sp³-hybridized carbons (Fsp3) is 0.769. The zero-order valence-electron chi connectivity index (χ0n) is 12.0. The van der Waals surface area contributed by atoms with Crippen LogP contribution in [0.3, 0.4) is 0 Å². The van der Waals surface area contributed by atoms with E-state index < -0.39 is 0 Å². The van der Waals surface area contributed by atoms with Gasteiger partial charge in [-0.3, -0.25) is 0 Å². The fourth-order valence-corrected chi connectivity index (χ4v) is 3.34. The van der Waals surface area contributed by atoms with Gasteiger partial charge in [0.05, 0.1) is 0 Å². The summed E-state index contributed by atoms with van der Waals surface area (Å²) < 4.78 is 10.9. The van der Waals surface area contributed by atoms with Crippen molar-refractivity contribution >= 4 is 16.5 Å². The van der Waals surface area contributed by atoms with Crippen LogP contribution in [-0.4, -0.2) is 51.0 Å². The van der Waals surface area contributed by atoms with Crippen molar-refractivity contribution in [3.05, 3.63) is 11.1 Å². The molecule has 1 fully saturated rings. The minimum Gasteiger partial charge on any atom is -0.377 e. The molecule has 1 N–H and O–H groups in total. The highest BCUT2D eigenvalue weighted by Crippen LogP contribution is 2.30. The molecule has 0 aromatic carbocycles. The molecule has 1 aliphatic rings. The summed E-state index contributed by atoms with van der Waals surface area (Å²) in [5, 5.41) is 4.46. The molecule has 3 atom stereocenters. The zero-order chi connectivity index (χ0) is 13.8. The van der Waals surface area contributed by atoms with Crippen LogP contribution >= 0.6 is 11.3 Å². The van der Waals surface area contributed by atoms with E-state index >= 15 is 0 Å². The highest BCUT2D eigenvalue weighted by Gasteiger charge is 2.34. The van der Waals surface area contributed by atoms with Crippen LogP contribution in [-0.2, 0) is 9.47 Å². The normalized spacial score (nSPS) is 24.9. The third-order valence-electron chi connectivity index (χ3n) is 3.54. The highest BCUT2D eigenvalue weighted by molar-refractivity contribution is 7.15. The van der Waals surface area contributed by atoms with Crippen LogP contribution in [0.15, 0.2) is 6.20 Å². The average Bonchev–Trinajstić information content (AvgIpc) is 3.05. The minimum absolute atomic E-state index is 0.128. The lowest BCUT2D eigenvalue weighted by Crippen LogP contribution is -2.27. The van der Waals surface area contributed by atoms with Crippen molar-refractivity contribution in [2.24, 2.45) is 0 Å². The molecule has 108 valence electrons. The van der Waals surface area contributed by atoms with E-state index in [1.54, 1.807) is 25.6 Å². The van der Waals surface area contributed by atoms with Crippen molar-refractivity contribution in [1.82, 2.24) is 10.3 Å². The highest BCUT2D eigenvalue weighted by atomic mass is 32.1. The van der Waals surface area contributed by atoms with Gasteiger partial charge in [-0.15, -0.1) is 11.3 Å². The Kier molecular flexibility index (Phi) is 5.15. The summed E-state index contributed by atoms with van der Waals surface area (Å²) in [5.74, 6) is 0. The first-order chi connectivity index (χ1) is 9.19. The molecular formula is C13H23N3O2S. The number of aromatic nitrogens is 1. The van der Waals surface area contributed by atoms with Gasteiger partial charge in [-0.25, -0.2) is 4.98 Å². The number of nitrogens with zero attached hydrogens (tertiary/aromatic N) is 2. The monoisotopic (exact) mass is 285 g/mol. The summed E-state index contributed by atoms with van der Waals surface area (Å²) in [5.41, 5.74) is 0. The first-order valence-electron chi connectivity index (χ1n) is 6.69. The first-order valence-corrected chi connectivity index (χ1v) is 7.50. The second-order valence-electron chi connectivity index (χ2n) is 4.78. The predicted molar refractivity (Wildman–Crippen MR) is 78.0 cm³/mol. The summed E-state index contributed by atoms with van der Waals surface area (Å²) in [7, 11) is 3.47. The quantitative estimate of drug-likeness (QED) is 0.861. The number of methoxy groups -OCH3 is 2. The van der Waals surface area contributed by atoms with Crippen molar-refractivity contribution in [2.45, 2.75) is 32.1 Å². The molecular weight excluding hydrogens is 262 g/mol. The minimum atomic E-state index is 0.128. The molecule has 19 heavy (non-hydrogen) atoms. The maximum atomic E-state index is 5.46. The Labute approximate surface area is 118 Å². The number of ether oxygens (including phenoxy) is 2. The molecule has 6 heteroatoms. The molecule has 1 aromatic heterocycles. The molecule has 2 heterocycles. The van der Waals surface area contributed by atoms with Crippen LogP contribution in [0.4, 0.5) is 5.13 Å².